The van der Waals surface area contributed by atoms with Gasteiger partial charge in [-0.05, 0) is 32.4 Å². The van der Waals surface area contributed by atoms with Gasteiger partial charge in [0.25, 0.3) is 5.91 Å². The van der Waals surface area contributed by atoms with E-state index in [1.807, 2.05) is 13.8 Å². The summed E-state index contributed by atoms with van der Waals surface area (Å²) in [5.74, 6) is 0.310. The van der Waals surface area contributed by atoms with Gasteiger partial charge in [-0.2, -0.15) is 0 Å². The van der Waals surface area contributed by atoms with Crippen LogP contribution in [0.1, 0.15) is 30.6 Å². The summed E-state index contributed by atoms with van der Waals surface area (Å²) in [4.78, 5) is 12.4. The molecule has 5 nitrogen and oxygen atoms in total. The fourth-order valence-electron chi connectivity index (χ4n) is 2.22. The number of amides is 1. The molecule has 0 radical (unpaired) electrons. The van der Waals surface area contributed by atoms with Crippen LogP contribution < -0.4 is 15.8 Å². The fourth-order valence-corrected chi connectivity index (χ4v) is 2.22. The number of anilines is 1. The Morgan fingerprint density at radius 1 is 1.58 bits per heavy atom. The summed E-state index contributed by atoms with van der Waals surface area (Å²) in [5.41, 5.74) is 6.39. The first-order valence-corrected chi connectivity index (χ1v) is 6.34. The van der Waals surface area contributed by atoms with E-state index in [0.29, 0.717) is 23.6 Å². The maximum atomic E-state index is 12.4. The quantitative estimate of drug-likeness (QED) is 0.813. The van der Waals surface area contributed by atoms with Crippen LogP contribution in [0.15, 0.2) is 18.2 Å². The molecule has 0 aliphatic carbocycles. The Balaban J connectivity index is 2.21. The lowest BCUT2D eigenvalue weighted by Crippen LogP contribution is -2.50. The van der Waals surface area contributed by atoms with Crippen molar-refractivity contribution < 1.29 is 14.3 Å². The van der Waals surface area contributed by atoms with Crippen LogP contribution in [0, 0.1) is 0 Å². The molecule has 1 aliphatic heterocycles. The zero-order valence-electron chi connectivity index (χ0n) is 11.5. The van der Waals surface area contributed by atoms with Crippen molar-refractivity contribution in [2.45, 2.75) is 31.9 Å². The predicted molar refractivity (Wildman–Crippen MR) is 73.3 cm³/mol. The molecule has 19 heavy (non-hydrogen) atoms. The molecule has 1 saturated heterocycles. The van der Waals surface area contributed by atoms with Gasteiger partial charge in [0.15, 0.2) is 0 Å². The predicted octanol–water partition coefficient (Wildman–Crippen LogP) is 1.57. The van der Waals surface area contributed by atoms with Gasteiger partial charge >= 0.3 is 0 Å². The number of hydrogen-bond donors (Lipinski definition) is 2. The third kappa shape index (κ3) is 2.66. The van der Waals surface area contributed by atoms with Crippen LogP contribution in [0.3, 0.4) is 0 Å². The van der Waals surface area contributed by atoms with Crippen LogP contribution in [-0.4, -0.2) is 31.3 Å². The lowest BCUT2D eigenvalue weighted by molar-refractivity contribution is 0.0725. The number of ether oxygens (including phenoxy) is 2. The zero-order valence-corrected chi connectivity index (χ0v) is 11.5. The minimum absolute atomic E-state index is 0.00349. The van der Waals surface area contributed by atoms with Gasteiger partial charge in [0.2, 0.25) is 0 Å². The molecular weight excluding hydrogens is 244 g/mol. The molecule has 1 heterocycles. The number of carbonyl (C=O) groups excluding carboxylic acids is 1. The van der Waals surface area contributed by atoms with Crippen LogP contribution in [0.25, 0.3) is 0 Å². The molecule has 1 amide bonds. The van der Waals surface area contributed by atoms with Gasteiger partial charge in [-0.1, -0.05) is 0 Å². The number of carbonyl (C=O) groups is 1. The first-order chi connectivity index (χ1) is 8.96. The van der Waals surface area contributed by atoms with E-state index in [0.717, 1.165) is 6.42 Å². The monoisotopic (exact) mass is 264 g/mol. The summed E-state index contributed by atoms with van der Waals surface area (Å²) in [6, 6.07) is 5.01. The first kappa shape index (κ1) is 13.7. The molecule has 0 spiro atoms. The Morgan fingerprint density at radius 2 is 2.32 bits per heavy atom. The third-order valence-electron chi connectivity index (χ3n) is 3.76. The Bertz CT molecular complexity index is 490. The van der Waals surface area contributed by atoms with Crippen LogP contribution in [0.4, 0.5) is 5.69 Å². The molecule has 2 rings (SSSR count). The van der Waals surface area contributed by atoms with E-state index in [9.17, 15) is 4.79 Å². The van der Waals surface area contributed by atoms with Crippen LogP contribution in [-0.2, 0) is 4.74 Å². The van der Waals surface area contributed by atoms with Crippen LogP contribution in [0.2, 0.25) is 0 Å². The van der Waals surface area contributed by atoms with Crippen LogP contribution in [0.5, 0.6) is 5.75 Å². The minimum atomic E-state index is -0.344. The molecule has 2 unspecified atom stereocenters. The van der Waals surface area contributed by atoms with Crippen molar-refractivity contribution in [3.05, 3.63) is 23.8 Å². The standard InChI is InChI=1S/C14H20N2O3/c1-9-14(2,6-7-19-9)16-13(17)11-5-4-10(15)8-12(11)18-3/h4-5,8-9H,6-7,15H2,1-3H3,(H,16,17). The maximum Gasteiger partial charge on any atom is 0.255 e. The molecule has 1 fully saturated rings. The average molecular weight is 264 g/mol. The summed E-state index contributed by atoms with van der Waals surface area (Å²) >= 11 is 0. The number of methoxy groups -OCH3 is 1. The smallest absolute Gasteiger partial charge is 0.255 e. The second-order valence-electron chi connectivity index (χ2n) is 5.09. The molecule has 1 aromatic rings. The van der Waals surface area contributed by atoms with Gasteiger partial charge in [-0.15, -0.1) is 0 Å². The van der Waals surface area contributed by atoms with E-state index in [2.05, 4.69) is 5.32 Å². The Morgan fingerprint density at radius 3 is 2.89 bits per heavy atom. The molecule has 1 aromatic carbocycles. The summed E-state index contributed by atoms with van der Waals surface area (Å²) in [6.45, 7) is 4.62. The van der Waals surface area contributed by atoms with E-state index >= 15 is 0 Å². The molecule has 1 aliphatic rings. The molecule has 0 saturated carbocycles. The first-order valence-electron chi connectivity index (χ1n) is 6.34. The molecule has 0 bridgehead atoms. The molecule has 104 valence electrons. The third-order valence-corrected chi connectivity index (χ3v) is 3.76. The summed E-state index contributed by atoms with van der Waals surface area (Å²) in [7, 11) is 1.52. The Labute approximate surface area is 113 Å². The summed E-state index contributed by atoms with van der Waals surface area (Å²) < 4.78 is 10.7. The van der Waals surface area contributed by atoms with Crippen molar-refractivity contribution in [2.75, 3.05) is 19.5 Å². The number of rotatable bonds is 3. The second-order valence-corrected chi connectivity index (χ2v) is 5.09. The normalized spacial score (nSPS) is 26.2. The van der Waals surface area contributed by atoms with Crippen molar-refractivity contribution >= 4 is 11.6 Å². The van der Waals surface area contributed by atoms with Gasteiger partial charge in [0.05, 0.1) is 24.3 Å². The van der Waals surface area contributed by atoms with Crippen molar-refractivity contribution in [1.29, 1.82) is 0 Å². The number of hydrogen-bond acceptors (Lipinski definition) is 4. The maximum absolute atomic E-state index is 12.4. The van der Waals surface area contributed by atoms with Crippen LogP contribution >= 0.6 is 0 Å². The number of nitrogens with one attached hydrogen (secondary N) is 1. The van der Waals surface area contributed by atoms with Crippen molar-refractivity contribution in [1.82, 2.24) is 5.32 Å². The van der Waals surface area contributed by atoms with Gasteiger partial charge in [-0.25, -0.2) is 0 Å². The van der Waals surface area contributed by atoms with Crippen molar-refractivity contribution in [3.63, 3.8) is 0 Å². The van der Waals surface area contributed by atoms with E-state index < -0.39 is 0 Å². The molecular formula is C14H20N2O3. The number of nitrogens with two attached hydrogens (primary N) is 1. The second kappa shape index (κ2) is 5.09. The van der Waals surface area contributed by atoms with E-state index in [1.54, 1.807) is 18.2 Å². The van der Waals surface area contributed by atoms with Crippen molar-refractivity contribution in [2.24, 2.45) is 0 Å². The highest BCUT2D eigenvalue weighted by Gasteiger charge is 2.38. The van der Waals surface area contributed by atoms with E-state index in [1.165, 1.54) is 7.11 Å². The molecule has 5 heteroatoms. The highest BCUT2D eigenvalue weighted by molar-refractivity contribution is 5.97. The summed E-state index contributed by atoms with van der Waals surface area (Å²) in [5, 5.41) is 3.03. The molecule has 3 N–H and O–H groups in total. The zero-order chi connectivity index (χ0) is 14.0. The molecule has 0 aromatic heterocycles. The highest BCUT2D eigenvalue weighted by Crippen LogP contribution is 2.27. The summed E-state index contributed by atoms with van der Waals surface area (Å²) in [6.07, 6.45) is 0.799. The molecule has 2 atom stereocenters. The average Bonchev–Trinajstić information content (AvgIpc) is 2.68. The Kier molecular flexibility index (Phi) is 3.66. The fraction of sp³-hybridized carbons (Fsp3) is 0.500. The lowest BCUT2D eigenvalue weighted by atomic mass is 9.94. The van der Waals surface area contributed by atoms with Gasteiger partial charge in [0.1, 0.15) is 5.75 Å². The minimum Gasteiger partial charge on any atom is -0.496 e. The van der Waals surface area contributed by atoms with Crippen molar-refractivity contribution in [3.8, 4) is 5.75 Å². The SMILES string of the molecule is COc1cc(N)ccc1C(=O)NC1(C)CCOC1C. The van der Waals surface area contributed by atoms with Gasteiger partial charge in [0, 0.05) is 18.4 Å². The number of benzene rings is 1. The van der Waals surface area contributed by atoms with Gasteiger partial charge in [-0.3, -0.25) is 4.79 Å². The van der Waals surface area contributed by atoms with E-state index in [4.69, 9.17) is 15.2 Å². The lowest BCUT2D eigenvalue weighted by Gasteiger charge is -2.29. The Hall–Kier alpha value is -1.75. The largest absolute Gasteiger partial charge is 0.496 e. The number of nitrogen functional groups attached to an aromatic ring is 1. The topological polar surface area (TPSA) is 73.6 Å². The highest BCUT2D eigenvalue weighted by atomic mass is 16.5. The van der Waals surface area contributed by atoms with E-state index in [-0.39, 0.29) is 17.6 Å². The van der Waals surface area contributed by atoms with Gasteiger partial charge < -0.3 is 20.5 Å².